The van der Waals surface area contributed by atoms with Crippen LogP contribution in [0.5, 0.6) is 0 Å². The molecule has 0 amide bonds. The van der Waals surface area contributed by atoms with E-state index < -0.39 is 5.97 Å². The Morgan fingerprint density at radius 1 is 1.71 bits per heavy atom. The number of hydrogen-bond donors (Lipinski definition) is 2. The van der Waals surface area contributed by atoms with Crippen LogP contribution >= 0.6 is 11.7 Å². The number of rotatable bonds is 2. The van der Waals surface area contributed by atoms with E-state index >= 15 is 0 Å². The minimum absolute atomic E-state index is 0.0208. The van der Waals surface area contributed by atoms with Gasteiger partial charge >= 0.3 is 5.97 Å². The van der Waals surface area contributed by atoms with E-state index in [0.29, 0.717) is 6.54 Å². The maximum absolute atomic E-state index is 11.0. The van der Waals surface area contributed by atoms with Gasteiger partial charge in [0, 0.05) is 12.5 Å². The van der Waals surface area contributed by atoms with E-state index in [1.807, 2.05) is 0 Å². The molecule has 2 rings (SSSR count). The molecule has 0 spiro atoms. The van der Waals surface area contributed by atoms with Gasteiger partial charge in [-0.3, -0.25) is 4.79 Å². The maximum atomic E-state index is 11.0. The highest BCUT2D eigenvalue weighted by atomic mass is 32.1. The van der Waals surface area contributed by atoms with Gasteiger partial charge in [-0.1, -0.05) is 0 Å². The van der Waals surface area contributed by atoms with Crippen LogP contribution in [-0.2, 0) is 4.79 Å². The number of aromatic nitrogens is 2. The van der Waals surface area contributed by atoms with E-state index in [0.717, 1.165) is 30.4 Å². The van der Waals surface area contributed by atoms with Crippen molar-refractivity contribution in [1.82, 2.24) is 14.1 Å². The van der Waals surface area contributed by atoms with Gasteiger partial charge in [0.05, 0.1) is 29.5 Å². The van der Waals surface area contributed by atoms with Crippen LogP contribution in [0.2, 0.25) is 0 Å². The summed E-state index contributed by atoms with van der Waals surface area (Å²) in [4.78, 5) is 11.0. The first-order valence-corrected chi connectivity index (χ1v) is 5.23. The molecular formula is C8H11N3O2S. The Balaban J connectivity index is 2.18. The molecule has 6 heteroatoms. The van der Waals surface area contributed by atoms with Crippen molar-refractivity contribution in [2.24, 2.45) is 5.92 Å². The van der Waals surface area contributed by atoms with Gasteiger partial charge in [0.1, 0.15) is 0 Å². The molecule has 1 aromatic heterocycles. The molecule has 2 heterocycles. The topological polar surface area (TPSA) is 75.1 Å². The highest BCUT2D eigenvalue weighted by molar-refractivity contribution is 6.99. The second-order valence-corrected chi connectivity index (χ2v) is 3.93. The Kier molecular flexibility index (Phi) is 2.74. The Morgan fingerprint density at radius 2 is 2.57 bits per heavy atom. The summed E-state index contributed by atoms with van der Waals surface area (Å²) in [6.45, 7) is 1.38. The van der Waals surface area contributed by atoms with Crippen LogP contribution in [0, 0.1) is 5.92 Å². The normalized spacial score (nSPS) is 27.4. The van der Waals surface area contributed by atoms with Gasteiger partial charge in [0.25, 0.3) is 0 Å². The fraction of sp³-hybridized carbons (Fsp3) is 0.625. The van der Waals surface area contributed by atoms with Crippen LogP contribution in [0.1, 0.15) is 18.0 Å². The summed E-state index contributed by atoms with van der Waals surface area (Å²) in [5, 5.41) is 12.1. The van der Waals surface area contributed by atoms with Crippen molar-refractivity contribution in [3.63, 3.8) is 0 Å². The van der Waals surface area contributed by atoms with Crippen LogP contribution in [0.3, 0.4) is 0 Å². The van der Waals surface area contributed by atoms with Crippen molar-refractivity contribution in [3.8, 4) is 0 Å². The first-order chi connectivity index (χ1) is 6.79. The van der Waals surface area contributed by atoms with Crippen molar-refractivity contribution < 1.29 is 9.90 Å². The SMILES string of the molecule is O=C(O)C1CNCCC1c1cnsn1. The van der Waals surface area contributed by atoms with E-state index in [1.165, 1.54) is 0 Å². The molecule has 2 unspecified atom stereocenters. The number of nitrogens with zero attached hydrogens (tertiary/aromatic N) is 2. The lowest BCUT2D eigenvalue weighted by Gasteiger charge is -2.27. The molecule has 0 aliphatic carbocycles. The largest absolute Gasteiger partial charge is 0.481 e. The average molecular weight is 213 g/mol. The summed E-state index contributed by atoms with van der Waals surface area (Å²) in [5.41, 5.74) is 0.823. The first kappa shape index (κ1) is 9.54. The Hall–Kier alpha value is -1.01. The van der Waals surface area contributed by atoms with Crippen LogP contribution in [-0.4, -0.2) is 32.9 Å². The molecule has 1 aliphatic heterocycles. The fourth-order valence-electron chi connectivity index (χ4n) is 1.81. The monoisotopic (exact) mass is 213 g/mol. The molecule has 1 aromatic rings. The summed E-state index contributed by atoms with van der Waals surface area (Å²) in [7, 11) is 0. The third-order valence-corrected chi connectivity index (χ3v) is 3.05. The summed E-state index contributed by atoms with van der Waals surface area (Å²) in [6.07, 6.45) is 2.50. The number of nitrogens with one attached hydrogen (secondary N) is 1. The number of carboxylic acid groups (broad SMARTS) is 1. The molecule has 0 bridgehead atoms. The summed E-state index contributed by atoms with van der Waals surface area (Å²) >= 11 is 1.13. The van der Waals surface area contributed by atoms with E-state index in [4.69, 9.17) is 5.11 Å². The Morgan fingerprint density at radius 3 is 3.21 bits per heavy atom. The second-order valence-electron chi connectivity index (χ2n) is 3.38. The van der Waals surface area contributed by atoms with Crippen molar-refractivity contribution in [2.75, 3.05) is 13.1 Å². The van der Waals surface area contributed by atoms with Gasteiger partial charge in [-0.2, -0.15) is 8.75 Å². The van der Waals surface area contributed by atoms with Gasteiger partial charge in [-0.25, -0.2) is 0 Å². The van der Waals surface area contributed by atoms with E-state index in [2.05, 4.69) is 14.1 Å². The lowest BCUT2D eigenvalue weighted by molar-refractivity contribution is -0.143. The zero-order valence-corrected chi connectivity index (χ0v) is 8.33. The van der Waals surface area contributed by atoms with Crippen LogP contribution < -0.4 is 5.32 Å². The summed E-state index contributed by atoms with van der Waals surface area (Å²) in [6, 6.07) is 0. The first-order valence-electron chi connectivity index (χ1n) is 4.50. The summed E-state index contributed by atoms with van der Waals surface area (Å²) < 4.78 is 8.02. The molecule has 14 heavy (non-hydrogen) atoms. The van der Waals surface area contributed by atoms with Crippen LogP contribution in [0.25, 0.3) is 0 Å². The smallest absolute Gasteiger partial charge is 0.308 e. The van der Waals surface area contributed by atoms with Crippen molar-refractivity contribution in [1.29, 1.82) is 0 Å². The van der Waals surface area contributed by atoms with Crippen molar-refractivity contribution in [2.45, 2.75) is 12.3 Å². The number of carboxylic acids is 1. The molecule has 2 atom stereocenters. The number of hydrogen-bond acceptors (Lipinski definition) is 5. The molecule has 1 fully saturated rings. The minimum Gasteiger partial charge on any atom is -0.481 e. The quantitative estimate of drug-likeness (QED) is 0.739. The number of carbonyl (C=O) groups is 1. The van der Waals surface area contributed by atoms with Crippen LogP contribution in [0.4, 0.5) is 0 Å². The molecule has 0 saturated carbocycles. The van der Waals surface area contributed by atoms with E-state index in [1.54, 1.807) is 6.20 Å². The molecule has 0 radical (unpaired) electrons. The standard InChI is InChI=1S/C8H11N3O2S/c12-8(13)6-3-9-2-1-5(6)7-4-10-14-11-7/h4-6,9H,1-3H2,(H,12,13). The van der Waals surface area contributed by atoms with Gasteiger partial charge in [-0.05, 0) is 13.0 Å². The van der Waals surface area contributed by atoms with Gasteiger partial charge in [-0.15, -0.1) is 0 Å². The average Bonchev–Trinajstić information content (AvgIpc) is 2.70. The summed E-state index contributed by atoms with van der Waals surface area (Å²) in [5.74, 6) is -1.10. The fourth-order valence-corrected chi connectivity index (χ4v) is 2.29. The molecule has 1 saturated heterocycles. The molecule has 2 N–H and O–H groups in total. The lowest BCUT2D eigenvalue weighted by atomic mass is 9.84. The highest BCUT2D eigenvalue weighted by Gasteiger charge is 2.33. The molecule has 1 aliphatic rings. The highest BCUT2D eigenvalue weighted by Crippen LogP contribution is 2.29. The third-order valence-electron chi connectivity index (χ3n) is 2.56. The third kappa shape index (κ3) is 1.76. The molecule has 0 aromatic carbocycles. The lowest BCUT2D eigenvalue weighted by Crippen LogP contribution is -2.39. The molecule has 76 valence electrons. The maximum Gasteiger partial charge on any atom is 0.308 e. The van der Waals surface area contributed by atoms with Crippen LogP contribution in [0.15, 0.2) is 6.20 Å². The van der Waals surface area contributed by atoms with E-state index in [9.17, 15) is 4.79 Å². The van der Waals surface area contributed by atoms with Gasteiger partial charge in [0.15, 0.2) is 0 Å². The predicted molar refractivity (Wildman–Crippen MR) is 51.3 cm³/mol. The zero-order chi connectivity index (χ0) is 9.97. The second kappa shape index (κ2) is 4.02. The zero-order valence-electron chi connectivity index (χ0n) is 7.51. The number of piperidine rings is 1. The molecular weight excluding hydrogens is 202 g/mol. The van der Waals surface area contributed by atoms with Crippen molar-refractivity contribution in [3.05, 3.63) is 11.9 Å². The van der Waals surface area contributed by atoms with Gasteiger partial charge in [0.2, 0.25) is 0 Å². The molecule has 5 nitrogen and oxygen atoms in total. The Labute approximate surface area is 85.5 Å². The van der Waals surface area contributed by atoms with E-state index in [-0.39, 0.29) is 11.8 Å². The number of aliphatic carboxylic acids is 1. The Bertz CT molecular complexity index is 314. The van der Waals surface area contributed by atoms with Crippen molar-refractivity contribution >= 4 is 17.7 Å². The van der Waals surface area contributed by atoms with Gasteiger partial charge < -0.3 is 10.4 Å². The predicted octanol–water partition coefficient (Wildman–Crippen LogP) is 0.316. The minimum atomic E-state index is -0.754.